The fraction of sp³-hybridized carbons (Fsp3) is 0.412. The van der Waals surface area contributed by atoms with E-state index in [1.807, 2.05) is 42.3 Å². The fourth-order valence-electron chi connectivity index (χ4n) is 2.85. The van der Waals surface area contributed by atoms with Gasteiger partial charge in [0.1, 0.15) is 5.69 Å². The molecule has 1 fully saturated rings. The molecule has 1 aromatic carbocycles. The maximum Gasteiger partial charge on any atom is 0.271 e. The van der Waals surface area contributed by atoms with Crippen molar-refractivity contribution < 1.29 is 4.79 Å². The first-order valence-electron chi connectivity index (χ1n) is 7.76. The number of hydrogen-bond donors (Lipinski definition) is 2. The van der Waals surface area contributed by atoms with Gasteiger partial charge in [-0.15, -0.1) is 12.4 Å². The zero-order valence-electron chi connectivity index (χ0n) is 13.5. The summed E-state index contributed by atoms with van der Waals surface area (Å²) in [5.74, 6) is 0.0421. The lowest BCUT2D eigenvalue weighted by Gasteiger charge is -2.31. The third kappa shape index (κ3) is 3.92. The van der Waals surface area contributed by atoms with E-state index in [2.05, 4.69) is 22.4 Å². The Morgan fingerprint density at radius 2 is 1.91 bits per heavy atom. The summed E-state index contributed by atoms with van der Waals surface area (Å²) in [5.41, 5.74) is 3.62. The molecule has 0 radical (unpaired) electrons. The minimum Gasteiger partial charge on any atom is -0.337 e. The normalized spacial score (nSPS) is 15.3. The van der Waals surface area contributed by atoms with E-state index < -0.39 is 0 Å². The van der Waals surface area contributed by atoms with Crippen LogP contribution in [0.5, 0.6) is 0 Å². The van der Waals surface area contributed by atoms with E-state index in [0.29, 0.717) is 11.7 Å². The number of aryl methyl sites for hydroxylation is 1. The summed E-state index contributed by atoms with van der Waals surface area (Å²) >= 11 is 0. The van der Waals surface area contributed by atoms with Crippen molar-refractivity contribution in [3.63, 3.8) is 0 Å². The zero-order chi connectivity index (χ0) is 15.5. The maximum atomic E-state index is 12.5. The van der Waals surface area contributed by atoms with Crippen LogP contribution in [0.3, 0.4) is 0 Å². The molecule has 1 amide bonds. The third-order valence-corrected chi connectivity index (χ3v) is 4.35. The van der Waals surface area contributed by atoms with E-state index in [1.54, 1.807) is 0 Å². The molecule has 0 saturated carbocycles. The molecule has 124 valence electrons. The number of nitrogens with zero attached hydrogens (tertiary/aromatic N) is 2. The van der Waals surface area contributed by atoms with Gasteiger partial charge in [-0.05, 0) is 32.9 Å². The molecule has 1 saturated heterocycles. The quantitative estimate of drug-likeness (QED) is 0.907. The van der Waals surface area contributed by atoms with Gasteiger partial charge in [-0.3, -0.25) is 9.89 Å². The van der Waals surface area contributed by atoms with Gasteiger partial charge in [0, 0.05) is 24.7 Å². The van der Waals surface area contributed by atoms with Gasteiger partial charge in [0.15, 0.2) is 0 Å². The van der Waals surface area contributed by atoms with Gasteiger partial charge in [-0.1, -0.05) is 29.8 Å². The molecule has 6 heteroatoms. The molecule has 0 atom stereocenters. The minimum absolute atomic E-state index is 0. The first-order chi connectivity index (χ1) is 10.7. The molecule has 1 aliphatic rings. The predicted molar refractivity (Wildman–Crippen MR) is 94.0 cm³/mol. The Labute approximate surface area is 142 Å². The van der Waals surface area contributed by atoms with Crippen molar-refractivity contribution in [2.24, 2.45) is 0 Å². The molecule has 0 spiro atoms. The number of aromatic nitrogens is 2. The standard InChI is InChI=1S/C17H22N4O.ClH/c1-12-3-5-13(6-4-12)15-11-16(20-19-15)17(22)21-9-7-14(18-2)8-10-21;/h3-6,11,14,18H,7-10H2,1-2H3,(H,19,20);1H. The Morgan fingerprint density at radius 1 is 1.26 bits per heavy atom. The maximum absolute atomic E-state index is 12.5. The lowest BCUT2D eigenvalue weighted by molar-refractivity contribution is 0.0701. The van der Waals surface area contributed by atoms with Crippen molar-refractivity contribution in [3.8, 4) is 11.3 Å². The summed E-state index contributed by atoms with van der Waals surface area (Å²) in [6, 6.07) is 10.5. The molecule has 1 aliphatic heterocycles. The van der Waals surface area contributed by atoms with Crippen LogP contribution in [0.15, 0.2) is 30.3 Å². The summed E-state index contributed by atoms with van der Waals surface area (Å²) in [7, 11) is 1.98. The highest BCUT2D eigenvalue weighted by Crippen LogP contribution is 2.20. The second-order valence-electron chi connectivity index (χ2n) is 5.89. The lowest BCUT2D eigenvalue weighted by atomic mass is 10.0. The van der Waals surface area contributed by atoms with Crippen molar-refractivity contribution in [2.75, 3.05) is 20.1 Å². The lowest BCUT2D eigenvalue weighted by Crippen LogP contribution is -2.44. The molecule has 5 nitrogen and oxygen atoms in total. The number of benzene rings is 1. The smallest absolute Gasteiger partial charge is 0.271 e. The van der Waals surface area contributed by atoms with E-state index in [1.165, 1.54) is 5.56 Å². The molecule has 23 heavy (non-hydrogen) atoms. The van der Waals surface area contributed by atoms with E-state index in [4.69, 9.17) is 0 Å². The molecular formula is C17H23ClN4O. The largest absolute Gasteiger partial charge is 0.337 e. The average molecular weight is 335 g/mol. The van der Waals surface area contributed by atoms with E-state index in [9.17, 15) is 4.79 Å². The monoisotopic (exact) mass is 334 g/mol. The van der Waals surface area contributed by atoms with Crippen molar-refractivity contribution >= 4 is 18.3 Å². The molecule has 0 bridgehead atoms. The Bertz CT molecular complexity index is 645. The molecule has 2 heterocycles. The number of nitrogens with one attached hydrogen (secondary N) is 2. The zero-order valence-corrected chi connectivity index (χ0v) is 14.3. The highest BCUT2D eigenvalue weighted by Gasteiger charge is 2.24. The number of carbonyl (C=O) groups is 1. The Kier molecular flexibility index (Phi) is 5.80. The summed E-state index contributed by atoms with van der Waals surface area (Å²) in [5, 5.41) is 10.4. The molecule has 3 rings (SSSR count). The summed E-state index contributed by atoms with van der Waals surface area (Å²) in [6.07, 6.45) is 2.00. The number of rotatable bonds is 3. The van der Waals surface area contributed by atoms with Gasteiger partial charge in [0.2, 0.25) is 0 Å². The molecule has 0 unspecified atom stereocenters. The average Bonchev–Trinajstić information content (AvgIpc) is 3.05. The topological polar surface area (TPSA) is 61.0 Å². The SMILES string of the molecule is CNC1CCN(C(=O)c2cc(-c3ccc(C)cc3)n[nH]2)CC1.Cl. The first kappa shape index (κ1) is 17.5. The van der Waals surface area contributed by atoms with Crippen LogP contribution in [0.25, 0.3) is 11.3 Å². The minimum atomic E-state index is 0. The van der Waals surface area contributed by atoms with Crippen molar-refractivity contribution in [2.45, 2.75) is 25.8 Å². The Morgan fingerprint density at radius 3 is 2.52 bits per heavy atom. The predicted octanol–water partition coefficient (Wildman–Crippen LogP) is 2.63. The van der Waals surface area contributed by atoms with Gasteiger partial charge < -0.3 is 10.2 Å². The second-order valence-corrected chi connectivity index (χ2v) is 5.89. The fourth-order valence-corrected chi connectivity index (χ4v) is 2.85. The van der Waals surface area contributed by atoms with Crippen molar-refractivity contribution in [1.82, 2.24) is 20.4 Å². The number of aromatic amines is 1. The highest BCUT2D eigenvalue weighted by molar-refractivity contribution is 5.93. The number of likely N-dealkylation sites (tertiary alicyclic amines) is 1. The van der Waals surface area contributed by atoms with E-state index in [0.717, 1.165) is 37.2 Å². The molecule has 1 aromatic heterocycles. The molecule has 2 aromatic rings. The van der Waals surface area contributed by atoms with Crippen molar-refractivity contribution in [1.29, 1.82) is 0 Å². The molecule has 2 N–H and O–H groups in total. The van der Waals surface area contributed by atoms with Gasteiger partial charge >= 0.3 is 0 Å². The molecule has 0 aliphatic carbocycles. The van der Waals surface area contributed by atoms with Crippen LogP contribution >= 0.6 is 12.4 Å². The van der Waals surface area contributed by atoms with Crippen LogP contribution < -0.4 is 5.32 Å². The second kappa shape index (κ2) is 7.62. The number of carbonyl (C=O) groups excluding carboxylic acids is 1. The number of halogens is 1. The number of amides is 1. The van der Waals surface area contributed by atoms with Gasteiger partial charge in [0.25, 0.3) is 5.91 Å². The van der Waals surface area contributed by atoms with Crippen molar-refractivity contribution in [3.05, 3.63) is 41.6 Å². The Balaban J connectivity index is 0.00000192. The Hall–Kier alpha value is -1.85. The first-order valence-corrected chi connectivity index (χ1v) is 7.76. The number of H-pyrrole nitrogens is 1. The van der Waals surface area contributed by atoms with Gasteiger partial charge in [-0.2, -0.15) is 5.10 Å². The third-order valence-electron chi connectivity index (χ3n) is 4.35. The van der Waals surface area contributed by atoms with Crippen LogP contribution in [0, 0.1) is 6.92 Å². The van der Waals surface area contributed by atoms with Crippen LogP contribution in [0.4, 0.5) is 0 Å². The summed E-state index contributed by atoms with van der Waals surface area (Å²) in [6.45, 7) is 3.64. The highest BCUT2D eigenvalue weighted by atomic mass is 35.5. The van der Waals surface area contributed by atoms with Crippen LogP contribution in [-0.4, -0.2) is 47.2 Å². The summed E-state index contributed by atoms with van der Waals surface area (Å²) in [4.78, 5) is 14.4. The van der Waals surface area contributed by atoms with Gasteiger partial charge in [-0.25, -0.2) is 0 Å². The molecular weight excluding hydrogens is 312 g/mol. The van der Waals surface area contributed by atoms with Gasteiger partial charge in [0.05, 0.1) is 5.69 Å². The van der Waals surface area contributed by atoms with E-state index in [-0.39, 0.29) is 18.3 Å². The van der Waals surface area contributed by atoms with Crippen LogP contribution in [0.1, 0.15) is 28.9 Å². The summed E-state index contributed by atoms with van der Waals surface area (Å²) < 4.78 is 0. The van der Waals surface area contributed by atoms with E-state index >= 15 is 0 Å². The van der Waals surface area contributed by atoms with Crippen LogP contribution in [-0.2, 0) is 0 Å². The number of hydrogen-bond acceptors (Lipinski definition) is 3. The van der Waals surface area contributed by atoms with Crippen LogP contribution in [0.2, 0.25) is 0 Å². The number of piperidine rings is 1.